The smallest absolute Gasteiger partial charge is 0.217 e. The quantitative estimate of drug-likeness (QED) is 0.840. The van der Waals surface area contributed by atoms with E-state index in [1.165, 1.54) is 12.8 Å². The van der Waals surface area contributed by atoms with Gasteiger partial charge < -0.3 is 14.8 Å². The minimum absolute atomic E-state index is 0.229. The molecule has 1 unspecified atom stereocenters. The Morgan fingerprint density at radius 1 is 1.50 bits per heavy atom. The molecule has 1 aliphatic rings. The summed E-state index contributed by atoms with van der Waals surface area (Å²) >= 11 is 0. The SMILES string of the molecule is CCNCc1cccnc1OCC1CCCCO1. The molecular formula is C14H22N2O2. The number of aromatic nitrogens is 1. The molecule has 1 fully saturated rings. The van der Waals surface area contributed by atoms with Crippen LogP contribution in [0.25, 0.3) is 0 Å². The molecule has 1 aromatic heterocycles. The van der Waals surface area contributed by atoms with Gasteiger partial charge in [-0.15, -0.1) is 0 Å². The van der Waals surface area contributed by atoms with Gasteiger partial charge in [0.1, 0.15) is 6.61 Å². The van der Waals surface area contributed by atoms with Crippen LogP contribution in [0.15, 0.2) is 18.3 Å². The zero-order chi connectivity index (χ0) is 12.6. The van der Waals surface area contributed by atoms with Gasteiger partial charge in [-0.25, -0.2) is 4.98 Å². The van der Waals surface area contributed by atoms with E-state index in [-0.39, 0.29) is 6.10 Å². The summed E-state index contributed by atoms with van der Waals surface area (Å²) in [6, 6.07) is 3.99. The minimum Gasteiger partial charge on any atom is -0.475 e. The predicted molar refractivity (Wildman–Crippen MR) is 70.7 cm³/mol. The molecule has 0 saturated carbocycles. The highest BCUT2D eigenvalue weighted by Gasteiger charge is 2.15. The lowest BCUT2D eigenvalue weighted by molar-refractivity contribution is -0.0121. The first-order valence-electron chi connectivity index (χ1n) is 6.79. The van der Waals surface area contributed by atoms with Gasteiger partial charge in [0.2, 0.25) is 5.88 Å². The van der Waals surface area contributed by atoms with Gasteiger partial charge in [-0.2, -0.15) is 0 Å². The Bertz CT molecular complexity index is 351. The zero-order valence-electron chi connectivity index (χ0n) is 11.0. The molecule has 1 saturated heterocycles. The van der Waals surface area contributed by atoms with E-state index in [2.05, 4.69) is 17.2 Å². The molecule has 1 N–H and O–H groups in total. The van der Waals surface area contributed by atoms with E-state index in [0.29, 0.717) is 6.61 Å². The lowest BCUT2D eigenvalue weighted by Crippen LogP contribution is -2.26. The number of hydrogen-bond acceptors (Lipinski definition) is 4. The van der Waals surface area contributed by atoms with E-state index in [0.717, 1.165) is 37.6 Å². The molecule has 4 heteroatoms. The maximum absolute atomic E-state index is 5.80. The fourth-order valence-corrected chi connectivity index (χ4v) is 2.06. The van der Waals surface area contributed by atoms with Gasteiger partial charge >= 0.3 is 0 Å². The predicted octanol–water partition coefficient (Wildman–Crippen LogP) is 2.14. The van der Waals surface area contributed by atoms with E-state index in [1.807, 2.05) is 12.1 Å². The van der Waals surface area contributed by atoms with Crippen LogP contribution in [-0.4, -0.2) is 30.8 Å². The molecular weight excluding hydrogens is 228 g/mol. The number of nitrogens with one attached hydrogen (secondary N) is 1. The number of hydrogen-bond donors (Lipinski definition) is 1. The summed E-state index contributed by atoms with van der Waals surface area (Å²) < 4.78 is 11.4. The second kappa shape index (κ2) is 7.34. The highest BCUT2D eigenvalue weighted by Crippen LogP contribution is 2.17. The molecule has 1 atom stereocenters. The van der Waals surface area contributed by atoms with Crippen LogP contribution in [0.4, 0.5) is 0 Å². The summed E-state index contributed by atoms with van der Waals surface area (Å²) in [5, 5.41) is 3.29. The molecule has 100 valence electrons. The van der Waals surface area contributed by atoms with Gasteiger partial charge in [0.05, 0.1) is 6.10 Å². The summed E-state index contributed by atoms with van der Waals surface area (Å²) in [4.78, 5) is 4.30. The first-order valence-corrected chi connectivity index (χ1v) is 6.79. The van der Waals surface area contributed by atoms with E-state index in [4.69, 9.17) is 9.47 Å². The van der Waals surface area contributed by atoms with E-state index in [1.54, 1.807) is 6.20 Å². The number of ether oxygens (including phenoxy) is 2. The molecule has 2 rings (SSSR count). The van der Waals surface area contributed by atoms with Crippen molar-refractivity contribution in [3.8, 4) is 5.88 Å². The molecule has 0 amide bonds. The summed E-state index contributed by atoms with van der Waals surface area (Å²) in [6.07, 6.45) is 5.50. The van der Waals surface area contributed by atoms with Crippen LogP contribution in [0.1, 0.15) is 31.7 Å². The van der Waals surface area contributed by atoms with Crippen molar-refractivity contribution in [1.82, 2.24) is 10.3 Å². The van der Waals surface area contributed by atoms with Gasteiger partial charge in [0.15, 0.2) is 0 Å². The van der Waals surface area contributed by atoms with Crippen molar-refractivity contribution in [3.05, 3.63) is 23.9 Å². The summed E-state index contributed by atoms with van der Waals surface area (Å²) in [7, 11) is 0. The maximum atomic E-state index is 5.80. The van der Waals surface area contributed by atoms with E-state index >= 15 is 0 Å². The van der Waals surface area contributed by atoms with Crippen LogP contribution in [0.2, 0.25) is 0 Å². The molecule has 1 aromatic rings. The molecule has 0 aliphatic carbocycles. The van der Waals surface area contributed by atoms with Crippen LogP contribution < -0.4 is 10.1 Å². The fraction of sp³-hybridized carbons (Fsp3) is 0.643. The first kappa shape index (κ1) is 13.3. The van der Waals surface area contributed by atoms with E-state index < -0.39 is 0 Å². The van der Waals surface area contributed by atoms with Gasteiger partial charge in [-0.3, -0.25) is 0 Å². The molecule has 0 spiro atoms. The third-order valence-electron chi connectivity index (χ3n) is 3.10. The van der Waals surface area contributed by atoms with Crippen LogP contribution >= 0.6 is 0 Å². The fourth-order valence-electron chi connectivity index (χ4n) is 2.06. The largest absolute Gasteiger partial charge is 0.475 e. The Labute approximate surface area is 109 Å². The lowest BCUT2D eigenvalue weighted by atomic mass is 10.1. The van der Waals surface area contributed by atoms with E-state index in [9.17, 15) is 0 Å². The standard InChI is InChI=1S/C14H22N2O2/c1-2-15-10-12-6-5-8-16-14(12)18-11-13-7-3-4-9-17-13/h5-6,8,13,15H,2-4,7,9-11H2,1H3. The molecule has 18 heavy (non-hydrogen) atoms. The third-order valence-corrected chi connectivity index (χ3v) is 3.10. The Morgan fingerprint density at radius 3 is 3.22 bits per heavy atom. The average molecular weight is 250 g/mol. The summed E-state index contributed by atoms with van der Waals surface area (Å²) in [6.45, 7) is 5.30. The third kappa shape index (κ3) is 3.96. The summed E-state index contributed by atoms with van der Waals surface area (Å²) in [5.41, 5.74) is 1.11. The van der Waals surface area contributed by atoms with Crippen molar-refractivity contribution >= 4 is 0 Å². The highest BCUT2D eigenvalue weighted by molar-refractivity contribution is 5.25. The second-order valence-electron chi connectivity index (χ2n) is 4.55. The van der Waals surface area contributed by atoms with Crippen molar-refractivity contribution in [1.29, 1.82) is 0 Å². The average Bonchev–Trinajstić information content (AvgIpc) is 2.45. The van der Waals surface area contributed by atoms with Gasteiger partial charge in [-0.1, -0.05) is 13.0 Å². The van der Waals surface area contributed by atoms with Crippen molar-refractivity contribution in [2.24, 2.45) is 0 Å². The Balaban J connectivity index is 1.87. The van der Waals surface area contributed by atoms with Gasteiger partial charge in [-0.05, 0) is 31.9 Å². The van der Waals surface area contributed by atoms with Crippen molar-refractivity contribution in [2.45, 2.75) is 38.8 Å². The topological polar surface area (TPSA) is 43.4 Å². The van der Waals surface area contributed by atoms with Crippen LogP contribution in [-0.2, 0) is 11.3 Å². The summed E-state index contributed by atoms with van der Waals surface area (Å²) in [5.74, 6) is 0.729. The zero-order valence-corrected chi connectivity index (χ0v) is 11.0. The van der Waals surface area contributed by atoms with Gasteiger partial charge in [0, 0.05) is 24.9 Å². The molecule has 2 heterocycles. The molecule has 0 bridgehead atoms. The number of pyridine rings is 1. The highest BCUT2D eigenvalue weighted by atomic mass is 16.5. The molecule has 0 radical (unpaired) electrons. The Morgan fingerprint density at radius 2 is 2.44 bits per heavy atom. The van der Waals surface area contributed by atoms with Gasteiger partial charge in [0.25, 0.3) is 0 Å². The molecule has 4 nitrogen and oxygen atoms in total. The lowest BCUT2D eigenvalue weighted by Gasteiger charge is -2.22. The second-order valence-corrected chi connectivity index (χ2v) is 4.55. The number of rotatable bonds is 6. The monoisotopic (exact) mass is 250 g/mol. The minimum atomic E-state index is 0.229. The first-order chi connectivity index (χ1) is 8.90. The van der Waals surface area contributed by atoms with Crippen molar-refractivity contribution < 1.29 is 9.47 Å². The van der Waals surface area contributed by atoms with Crippen LogP contribution in [0, 0.1) is 0 Å². The van der Waals surface area contributed by atoms with Crippen molar-refractivity contribution in [2.75, 3.05) is 19.8 Å². The Hall–Kier alpha value is -1.13. The molecule has 1 aliphatic heterocycles. The number of nitrogens with zero attached hydrogens (tertiary/aromatic N) is 1. The Kier molecular flexibility index (Phi) is 5.42. The van der Waals surface area contributed by atoms with Crippen LogP contribution in [0.3, 0.4) is 0 Å². The van der Waals surface area contributed by atoms with Crippen molar-refractivity contribution in [3.63, 3.8) is 0 Å². The van der Waals surface area contributed by atoms with Crippen LogP contribution in [0.5, 0.6) is 5.88 Å². The normalized spacial score (nSPS) is 19.7. The molecule has 0 aromatic carbocycles. The maximum Gasteiger partial charge on any atom is 0.217 e.